The van der Waals surface area contributed by atoms with E-state index in [0.717, 1.165) is 28.8 Å². The Kier molecular flexibility index (Phi) is 3.34. The van der Waals surface area contributed by atoms with E-state index >= 15 is 0 Å². The van der Waals surface area contributed by atoms with Crippen LogP contribution in [0, 0.1) is 0 Å². The van der Waals surface area contributed by atoms with Gasteiger partial charge in [-0.3, -0.25) is 4.79 Å². The van der Waals surface area contributed by atoms with E-state index < -0.39 is 0 Å². The molecule has 0 spiro atoms. The molecule has 0 saturated carbocycles. The van der Waals surface area contributed by atoms with Crippen LogP contribution in [0.1, 0.15) is 6.92 Å². The van der Waals surface area contributed by atoms with Gasteiger partial charge in [-0.05, 0) is 49.4 Å². The van der Waals surface area contributed by atoms with Gasteiger partial charge in [0.1, 0.15) is 11.6 Å². The Morgan fingerprint density at radius 2 is 1.92 bits per heavy atom. The topological polar surface area (TPSA) is 59.9 Å². The highest BCUT2D eigenvalue weighted by Crippen LogP contribution is 2.25. The highest BCUT2D eigenvalue weighted by molar-refractivity contribution is 6.05. The van der Waals surface area contributed by atoms with Crippen LogP contribution in [0.2, 0.25) is 0 Å². The van der Waals surface area contributed by atoms with Gasteiger partial charge in [-0.25, -0.2) is 4.98 Å². The lowest BCUT2D eigenvalue weighted by atomic mass is 10.1. The van der Waals surface area contributed by atoms with E-state index in [1.807, 2.05) is 48.7 Å². The Bertz CT molecular complexity index is 1090. The minimum absolute atomic E-state index is 0.120. The monoisotopic (exact) mass is 319 g/mol. The standard InChI is InChI=1S/C19H17N3O2/c1-3-22-11-10-14-16(22)9-8-15-17(14)19(23)21-18(20-15)12-4-6-13(24-2)7-5-12/h4-11H,3H2,1-2H3,(H,20,21,23). The number of aromatic nitrogens is 3. The number of aryl methyl sites for hydroxylation is 1. The molecule has 0 atom stereocenters. The number of H-pyrrole nitrogens is 1. The fourth-order valence-electron chi connectivity index (χ4n) is 3.07. The van der Waals surface area contributed by atoms with Crippen molar-refractivity contribution in [1.29, 1.82) is 0 Å². The maximum Gasteiger partial charge on any atom is 0.259 e. The number of nitrogens with zero attached hydrogens (tertiary/aromatic N) is 2. The van der Waals surface area contributed by atoms with E-state index in [2.05, 4.69) is 21.5 Å². The molecule has 5 heteroatoms. The predicted molar refractivity (Wildman–Crippen MR) is 95.5 cm³/mol. The average Bonchev–Trinajstić information content (AvgIpc) is 3.04. The van der Waals surface area contributed by atoms with Crippen molar-refractivity contribution in [1.82, 2.24) is 14.5 Å². The molecule has 0 aliphatic heterocycles. The van der Waals surface area contributed by atoms with Gasteiger partial charge >= 0.3 is 0 Å². The van der Waals surface area contributed by atoms with Crippen LogP contribution in [-0.2, 0) is 6.54 Å². The summed E-state index contributed by atoms with van der Waals surface area (Å²) in [5, 5.41) is 1.57. The SMILES string of the molecule is CCn1ccc2c3c(=O)[nH]c(-c4ccc(OC)cc4)nc3ccc21. The zero-order chi connectivity index (χ0) is 16.7. The molecule has 0 aliphatic rings. The number of methoxy groups -OCH3 is 1. The maximum atomic E-state index is 12.7. The first kappa shape index (κ1) is 14.5. The van der Waals surface area contributed by atoms with Crippen LogP contribution in [0.25, 0.3) is 33.2 Å². The van der Waals surface area contributed by atoms with Gasteiger partial charge in [0.15, 0.2) is 0 Å². The van der Waals surface area contributed by atoms with Crippen LogP contribution in [0.15, 0.2) is 53.5 Å². The van der Waals surface area contributed by atoms with E-state index in [4.69, 9.17) is 4.74 Å². The Labute approximate surface area is 138 Å². The van der Waals surface area contributed by atoms with Crippen LogP contribution >= 0.6 is 0 Å². The zero-order valence-corrected chi connectivity index (χ0v) is 13.5. The van der Waals surface area contributed by atoms with Gasteiger partial charge in [-0.15, -0.1) is 0 Å². The lowest BCUT2D eigenvalue weighted by molar-refractivity contribution is 0.415. The van der Waals surface area contributed by atoms with Gasteiger partial charge in [0, 0.05) is 29.2 Å². The summed E-state index contributed by atoms with van der Waals surface area (Å²) >= 11 is 0. The van der Waals surface area contributed by atoms with Gasteiger partial charge in [0.05, 0.1) is 18.0 Å². The molecule has 0 bridgehead atoms. The lowest BCUT2D eigenvalue weighted by Crippen LogP contribution is -2.10. The Morgan fingerprint density at radius 3 is 2.62 bits per heavy atom. The molecule has 1 N–H and O–H groups in total. The van der Waals surface area contributed by atoms with Crippen LogP contribution in [0.5, 0.6) is 5.75 Å². The third-order valence-electron chi connectivity index (χ3n) is 4.33. The van der Waals surface area contributed by atoms with E-state index in [-0.39, 0.29) is 5.56 Å². The van der Waals surface area contributed by atoms with Crippen molar-refractivity contribution in [3.63, 3.8) is 0 Å². The quantitative estimate of drug-likeness (QED) is 0.628. The van der Waals surface area contributed by atoms with Crippen molar-refractivity contribution in [3.8, 4) is 17.1 Å². The molecule has 120 valence electrons. The number of hydrogen-bond donors (Lipinski definition) is 1. The molecular formula is C19H17N3O2. The molecule has 2 aromatic heterocycles. The maximum absolute atomic E-state index is 12.7. The summed E-state index contributed by atoms with van der Waals surface area (Å²) in [6.45, 7) is 2.95. The first-order valence-corrected chi connectivity index (χ1v) is 7.87. The van der Waals surface area contributed by atoms with Crippen LogP contribution in [-0.4, -0.2) is 21.6 Å². The summed E-state index contributed by atoms with van der Waals surface area (Å²) in [5.74, 6) is 1.33. The van der Waals surface area contributed by atoms with Gasteiger partial charge in [0.25, 0.3) is 5.56 Å². The number of nitrogens with one attached hydrogen (secondary N) is 1. The summed E-state index contributed by atoms with van der Waals surface area (Å²) in [6, 6.07) is 13.4. The molecular weight excluding hydrogens is 302 g/mol. The summed E-state index contributed by atoms with van der Waals surface area (Å²) in [7, 11) is 1.62. The lowest BCUT2D eigenvalue weighted by Gasteiger charge is -2.06. The van der Waals surface area contributed by atoms with E-state index in [0.29, 0.717) is 16.7 Å². The molecule has 0 saturated heterocycles. The third kappa shape index (κ3) is 2.17. The molecule has 2 aromatic carbocycles. The molecule has 0 aliphatic carbocycles. The van der Waals surface area contributed by atoms with Crippen molar-refractivity contribution >= 4 is 21.8 Å². The molecule has 4 aromatic rings. The van der Waals surface area contributed by atoms with Gasteiger partial charge < -0.3 is 14.3 Å². The van der Waals surface area contributed by atoms with Crippen molar-refractivity contribution in [2.45, 2.75) is 13.5 Å². The third-order valence-corrected chi connectivity index (χ3v) is 4.33. The average molecular weight is 319 g/mol. The summed E-state index contributed by atoms with van der Waals surface area (Å²) < 4.78 is 7.28. The minimum Gasteiger partial charge on any atom is -0.497 e. The number of aromatic amines is 1. The van der Waals surface area contributed by atoms with Gasteiger partial charge in [-0.2, -0.15) is 0 Å². The summed E-state index contributed by atoms with van der Waals surface area (Å²) in [5.41, 5.74) is 2.48. The molecule has 5 nitrogen and oxygen atoms in total. The highest BCUT2D eigenvalue weighted by Gasteiger charge is 2.11. The number of benzene rings is 2. The molecule has 0 radical (unpaired) electrons. The van der Waals surface area contributed by atoms with Crippen LogP contribution in [0.4, 0.5) is 0 Å². The van der Waals surface area contributed by atoms with Crippen molar-refractivity contribution < 1.29 is 4.74 Å². The molecule has 2 heterocycles. The number of ether oxygens (including phenoxy) is 1. The van der Waals surface area contributed by atoms with Crippen LogP contribution in [0.3, 0.4) is 0 Å². The number of fused-ring (bicyclic) bond motifs is 3. The van der Waals surface area contributed by atoms with Crippen molar-refractivity contribution in [2.75, 3.05) is 7.11 Å². The predicted octanol–water partition coefficient (Wildman–Crippen LogP) is 3.57. The first-order chi connectivity index (χ1) is 11.7. The smallest absolute Gasteiger partial charge is 0.259 e. The summed E-state index contributed by atoms with van der Waals surface area (Å²) in [6.07, 6.45) is 2.00. The fraction of sp³-hybridized carbons (Fsp3) is 0.158. The summed E-state index contributed by atoms with van der Waals surface area (Å²) in [4.78, 5) is 20.2. The fourth-order valence-corrected chi connectivity index (χ4v) is 3.07. The van der Waals surface area contributed by atoms with Gasteiger partial charge in [-0.1, -0.05) is 0 Å². The van der Waals surface area contributed by atoms with Gasteiger partial charge in [0.2, 0.25) is 0 Å². The second kappa shape index (κ2) is 5.53. The largest absolute Gasteiger partial charge is 0.497 e. The molecule has 0 amide bonds. The first-order valence-electron chi connectivity index (χ1n) is 7.87. The minimum atomic E-state index is -0.120. The number of rotatable bonds is 3. The normalized spacial score (nSPS) is 11.2. The Hall–Kier alpha value is -3.08. The molecule has 0 fully saturated rings. The zero-order valence-electron chi connectivity index (χ0n) is 13.5. The molecule has 4 rings (SSSR count). The second-order valence-corrected chi connectivity index (χ2v) is 5.64. The van der Waals surface area contributed by atoms with E-state index in [1.165, 1.54) is 0 Å². The Morgan fingerprint density at radius 1 is 1.12 bits per heavy atom. The van der Waals surface area contributed by atoms with E-state index in [1.54, 1.807) is 7.11 Å². The number of hydrogen-bond acceptors (Lipinski definition) is 3. The Balaban J connectivity index is 1.94. The second-order valence-electron chi connectivity index (χ2n) is 5.64. The molecule has 24 heavy (non-hydrogen) atoms. The van der Waals surface area contributed by atoms with Crippen molar-refractivity contribution in [2.24, 2.45) is 0 Å². The van der Waals surface area contributed by atoms with E-state index in [9.17, 15) is 4.79 Å². The highest BCUT2D eigenvalue weighted by atomic mass is 16.5. The van der Waals surface area contributed by atoms with Crippen LogP contribution < -0.4 is 10.3 Å². The molecule has 0 unspecified atom stereocenters. The van der Waals surface area contributed by atoms with Crippen molar-refractivity contribution in [3.05, 3.63) is 59.0 Å².